The molecule has 3 rings (SSSR count). The van der Waals surface area contributed by atoms with Gasteiger partial charge in [0.1, 0.15) is 11.6 Å². The van der Waals surface area contributed by atoms with Crippen molar-refractivity contribution in [1.82, 2.24) is 10.1 Å². The second-order valence-corrected chi connectivity index (χ2v) is 4.35. The lowest BCUT2D eigenvalue weighted by molar-refractivity contribution is 0.243. The van der Waals surface area contributed by atoms with Crippen LogP contribution < -0.4 is 10.5 Å². The molecule has 5 nitrogen and oxygen atoms in total. The molecule has 1 heterocycles. The van der Waals surface area contributed by atoms with Crippen LogP contribution in [0.3, 0.4) is 0 Å². The van der Waals surface area contributed by atoms with E-state index >= 15 is 0 Å². The van der Waals surface area contributed by atoms with Crippen LogP contribution in [0.1, 0.15) is 5.89 Å². The molecule has 0 aliphatic carbocycles. The van der Waals surface area contributed by atoms with E-state index < -0.39 is 5.82 Å². The summed E-state index contributed by atoms with van der Waals surface area (Å²) in [6.45, 7) is 0.0882. The van der Waals surface area contributed by atoms with Crippen LogP contribution in [-0.2, 0) is 6.61 Å². The van der Waals surface area contributed by atoms with Crippen molar-refractivity contribution in [3.63, 3.8) is 0 Å². The maximum absolute atomic E-state index is 13.6. The predicted octanol–water partition coefficient (Wildman–Crippen LogP) is 3.04. The highest BCUT2D eigenvalue weighted by Gasteiger charge is 2.12. The van der Waals surface area contributed by atoms with E-state index in [0.717, 1.165) is 0 Å². The van der Waals surface area contributed by atoms with Crippen molar-refractivity contribution in [2.75, 3.05) is 5.73 Å². The molecule has 2 aromatic carbocycles. The number of halogens is 1. The van der Waals surface area contributed by atoms with Crippen LogP contribution in [0.25, 0.3) is 11.4 Å². The van der Waals surface area contributed by atoms with Gasteiger partial charge in [-0.1, -0.05) is 23.4 Å². The zero-order valence-corrected chi connectivity index (χ0v) is 11.0. The van der Waals surface area contributed by atoms with Crippen molar-refractivity contribution in [3.05, 3.63) is 60.2 Å². The summed E-state index contributed by atoms with van der Waals surface area (Å²) in [6.07, 6.45) is 0. The van der Waals surface area contributed by atoms with Gasteiger partial charge in [0, 0.05) is 11.8 Å². The Morgan fingerprint density at radius 2 is 2.00 bits per heavy atom. The molecule has 0 spiro atoms. The predicted molar refractivity (Wildman–Crippen MR) is 74.9 cm³/mol. The first-order valence-electron chi connectivity index (χ1n) is 6.28. The van der Waals surface area contributed by atoms with Crippen molar-refractivity contribution in [2.24, 2.45) is 0 Å². The second-order valence-electron chi connectivity index (χ2n) is 4.35. The Kier molecular flexibility index (Phi) is 3.51. The fourth-order valence-corrected chi connectivity index (χ4v) is 1.81. The van der Waals surface area contributed by atoms with E-state index in [2.05, 4.69) is 10.1 Å². The molecular weight excluding hydrogens is 273 g/mol. The van der Waals surface area contributed by atoms with Gasteiger partial charge in [-0.15, -0.1) is 0 Å². The quantitative estimate of drug-likeness (QED) is 0.746. The third-order valence-electron chi connectivity index (χ3n) is 2.80. The molecule has 2 N–H and O–H groups in total. The first kappa shape index (κ1) is 13.1. The van der Waals surface area contributed by atoms with Gasteiger partial charge in [-0.3, -0.25) is 0 Å². The van der Waals surface area contributed by atoms with Crippen LogP contribution in [0, 0.1) is 5.82 Å². The summed E-state index contributed by atoms with van der Waals surface area (Å²) in [7, 11) is 0. The fourth-order valence-electron chi connectivity index (χ4n) is 1.81. The third kappa shape index (κ3) is 3.00. The Bertz CT molecular complexity index is 758. The van der Waals surface area contributed by atoms with Crippen LogP contribution in [0.5, 0.6) is 5.75 Å². The van der Waals surface area contributed by atoms with Crippen LogP contribution in [0.2, 0.25) is 0 Å². The van der Waals surface area contributed by atoms with Crippen molar-refractivity contribution in [2.45, 2.75) is 6.61 Å². The van der Waals surface area contributed by atoms with Gasteiger partial charge < -0.3 is 15.0 Å². The lowest BCUT2D eigenvalue weighted by Crippen LogP contribution is -1.96. The number of rotatable bonds is 4. The van der Waals surface area contributed by atoms with E-state index in [1.165, 1.54) is 6.07 Å². The van der Waals surface area contributed by atoms with Crippen LogP contribution in [-0.4, -0.2) is 10.1 Å². The van der Waals surface area contributed by atoms with E-state index in [1.54, 1.807) is 42.5 Å². The summed E-state index contributed by atoms with van der Waals surface area (Å²) >= 11 is 0. The average Bonchev–Trinajstić information content (AvgIpc) is 2.94. The Labute approximate surface area is 120 Å². The molecule has 106 valence electrons. The first-order valence-corrected chi connectivity index (χ1v) is 6.28. The maximum Gasteiger partial charge on any atom is 0.264 e. The molecule has 0 fully saturated rings. The summed E-state index contributed by atoms with van der Waals surface area (Å²) in [5.74, 6) is 0.650. The first-order chi connectivity index (χ1) is 10.2. The zero-order valence-electron chi connectivity index (χ0n) is 11.0. The number of hydrogen-bond acceptors (Lipinski definition) is 5. The van der Waals surface area contributed by atoms with Gasteiger partial charge in [-0.25, -0.2) is 4.39 Å². The van der Waals surface area contributed by atoms with E-state index in [1.807, 2.05) is 0 Å². The normalized spacial score (nSPS) is 10.5. The highest BCUT2D eigenvalue weighted by atomic mass is 19.1. The number of hydrogen-bond donors (Lipinski definition) is 1. The lowest BCUT2D eigenvalue weighted by atomic mass is 10.2. The lowest BCUT2D eigenvalue weighted by Gasteiger charge is -2.03. The van der Waals surface area contributed by atoms with Crippen molar-refractivity contribution in [1.29, 1.82) is 0 Å². The van der Waals surface area contributed by atoms with Crippen LogP contribution in [0.4, 0.5) is 10.1 Å². The minimum Gasteiger partial charge on any atom is -0.484 e. The number of nitrogens with two attached hydrogens (primary N) is 1. The van der Waals surface area contributed by atoms with E-state index in [-0.39, 0.29) is 23.9 Å². The molecule has 0 aliphatic heterocycles. The Balaban J connectivity index is 1.72. The SMILES string of the molecule is Nc1cccc(OCc2nc(-c3ccccc3F)no2)c1. The van der Waals surface area contributed by atoms with Crippen LogP contribution >= 0.6 is 0 Å². The number of anilines is 1. The molecule has 3 aromatic rings. The number of benzene rings is 2. The number of aromatic nitrogens is 2. The van der Waals surface area contributed by atoms with Gasteiger partial charge in [-0.05, 0) is 24.3 Å². The molecule has 21 heavy (non-hydrogen) atoms. The monoisotopic (exact) mass is 285 g/mol. The Hall–Kier alpha value is -2.89. The van der Waals surface area contributed by atoms with Gasteiger partial charge in [0.25, 0.3) is 5.89 Å². The standard InChI is InChI=1S/C15H12FN3O2/c16-13-7-2-1-6-12(13)15-18-14(21-19-15)9-20-11-5-3-4-10(17)8-11/h1-8H,9,17H2. The molecule has 0 saturated carbocycles. The Morgan fingerprint density at radius 3 is 2.81 bits per heavy atom. The average molecular weight is 285 g/mol. The third-order valence-corrected chi connectivity index (χ3v) is 2.80. The highest BCUT2D eigenvalue weighted by molar-refractivity contribution is 5.54. The molecule has 0 aliphatic rings. The van der Waals surface area contributed by atoms with Gasteiger partial charge in [-0.2, -0.15) is 4.98 Å². The minimum atomic E-state index is -0.401. The molecule has 0 atom stereocenters. The Morgan fingerprint density at radius 1 is 1.14 bits per heavy atom. The van der Waals surface area contributed by atoms with Gasteiger partial charge in [0.2, 0.25) is 5.82 Å². The largest absolute Gasteiger partial charge is 0.484 e. The fraction of sp³-hybridized carbons (Fsp3) is 0.0667. The summed E-state index contributed by atoms with van der Waals surface area (Å²) < 4.78 is 24.1. The van der Waals surface area contributed by atoms with E-state index in [0.29, 0.717) is 11.4 Å². The summed E-state index contributed by atoms with van der Waals surface area (Å²) in [5, 5.41) is 3.75. The van der Waals surface area contributed by atoms with Crippen molar-refractivity contribution >= 4 is 5.69 Å². The summed E-state index contributed by atoms with van der Waals surface area (Å²) in [5.41, 5.74) is 6.54. The summed E-state index contributed by atoms with van der Waals surface area (Å²) in [6, 6.07) is 13.2. The van der Waals surface area contributed by atoms with Crippen molar-refractivity contribution < 1.29 is 13.7 Å². The summed E-state index contributed by atoms with van der Waals surface area (Å²) in [4.78, 5) is 4.10. The van der Waals surface area contributed by atoms with Crippen LogP contribution in [0.15, 0.2) is 53.1 Å². The van der Waals surface area contributed by atoms with Gasteiger partial charge >= 0.3 is 0 Å². The van der Waals surface area contributed by atoms with Crippen molar-refractivity contribution in [3.8, 4) is 17.1 Å². The topological polar surface area (TPSA) is 74.2 Å². The van der Waals surface area contributed by atoms with Gasteiger partial charge in [0.05, 0.1) is 5.56 Å². The molecule has 6 heteroatoms. The molecule has 0 unspecified atom stereocenters. The van der Waals surface area contributed by atoms with E-state index in [9.17, 15) is 4.39 Å². The van der Waals surface area contributed by atoms with Gasteiger partial charge in [0.15, 0.2) is 6.61 Å². The zero-order chi connectivity index (χ0) is 14.7. The minimum absolute atomic E-state index is 0.0882. The molecule has 0 saturated heterocycles. The second kappa shape index (κ2) is 5.62. The highest BCUT2D eigenvalue weighted by Crippen LogP contribution is 2.20. The maximum atomic E-state index is 13.6. The molecule has 0 bridgehead atoms. The molecule has 0 radical (unpaired) electrons. The number of ether oxygens (including phenoxy) is 1. The number of nitrogens with zero attached hydrogens (tertiary/aromatic N) is 2. The number of nitrogen functional groups attached to an aromatic ring is 1. The molecule has 1 aromatic heterocycles. The molecular formula is C15H12FN3O2. The van der Waals surface area contributed by atoms with E-state index in [4.69, 9.17) is 15.0 Å². The molecule has 0 amide bonds. The smallest absolute Gasteiger partial charge is 0.264 e.